The second kappa shape index (κ2) is 18.7. The van der Waals surface area contributed by atoms with Crippen LogP contribution in [0, 0.1) is 0 Å². The zero-order chi connectivity index (χ0) is 19.5. The normalized spacial score (nSPS) is 10.9. The van der Waals surface area contributed by atoms with Gasteiger partial charge in [-0.15, -0.1) is 0 Å². The van der Waals surface area contributed by atoms with E-state index in [0.29, 0.717) is 19.3 Å². The zero-order valence-corrected chi connectivity index (χ0v) is 17.5. The van der Waals surface area contributed by atoms with Crippen molar-refractivity contribution in [2.75, 3.05) is 0 Å². The molecule has 0 saturated heterocycles. The number of esters is 2. The van der Waals surface area contributed by atoms with Gasteiger partial charge in [0, 0.05) is 19.3 Å². The summed E-state index contributed by atoms with van der Waals surface area (Å²) in [6.07, 6.45) is 14.7. The molecule has 0 bridgehead atoms. The van der Waals surface area contributed by atoms with Gasteiger partial charge in [0.05, 0.1) is 0 Å². The van der Waals surface area contributed by atoms with E-state index in [4.69, 9.17) is 9.47 Å². The van der Waals surface area contributed by atoms with Gasteiger partial charge in [-0.3, -0.25) is 9.59 Å². The van der Waals surface area contributed by atoms with Crippen molar-refractivity contribution in [3.05, 3.63) is 0 Å². The zero-order valence-electron chi connectivity index (χ0n) is 17.5. The molecule has 0 aromatic heterocycles. The van der Waals surface area contributed by atoms with Gasteiger partial charge in [0.2, 0.25) is 6.29 Å². The first-order valence-corrected chi connectivity index (χ1v) is 11.0. The fourth-order valence-corrected chi connectivity index (χ4v) is 2.86. The lowest BCUT2D eigenvalue weighted by molar-refractivity contribution is -0.189. The number of hydrogen-bond donors (Lipinski definition) is 0. The summed E-state index contributed by atoms with van der Waals surface area (Å²) in [5.41, 5.74) is 0. The van der Waals surface area contributed by atoms with E-state index in [1.54, 1.807) is 0 Å². The summed E-state index contributed by atoms with van der Waals surface area (Å²) in [6.45, 7) is 6.48. The molecule has 4 nitrogen and oxygen atoms in total. The lowest BCUT2D eigenvalue weighted by atomic mass is 10.1. The summed E-state index contributed by atoms with van der Waals surface area (Å²) >= 11 is 0. The third-order valence-corrected chi connectivity index (χ3v) is 4.54. The van der Waals surface area contributed by atoms with E-state index in [9.17, 15) is 9.59 Å². The molecule has 0 N–H and O–H groups in total. The van der Waals surface area contributed by atoms with Crippen molar-refractivity contribution in [2.45, 2.75) is 130 Å². The summed E-state index contributed by atoms with van der Waals surface area (Å²) in [4.78, 5) is 24.0. The van der Waals surface area contributed by atoms with Crippen LogP contribution in [0.2, 0.25) is 0 Å². The van der Waals surface area contributed by atoms with Crippen molar-refractivity contribution in [1.29, 1.82) is 0 Å². The third-order valence-electron chi connectivity index (χ3n) is 4.54. The van der Waals surface area contributed by atoms with Crippen LogP contribution in [0.5, 0.6) is 0 Å². The summed E-state index contributed by atoms with van der Waals surface area (Å²) in [7, 11) is 0. The Bertz CT molecular complexity index is 315. The molecule has 26 heavy (non-hydrogen) atoms. The van der Waals surface area contributed by atoms with Crippen molar-refractivity contribution in [1.82, 2.24) is 0 Å². The van der Waals surface area contributed by atoms with Gasteiger partial charge in [-0.25, -0.2) is 0 Å². The first-order chi connectivity index (χ1) is 12.6. The quantitative estimate of drug-likeness (QED) is 0.153. The monoisotopic (exact) mass is 370 g/mol. The van der Waals surface area contributed by atoms with Crippen LogP contribution in [-0.4, -0.2) is 18.2 Å². The van der Waals surface area contributed by atoms with Crippen LogP contribution in [0.25, 0.3) is 0 Å². The van der Waals surface area contributed by atoms with Crippen molar-refractivity contribution in [3.8, 4) is 0 Å². The molecular weight excluding hydrogens is 328 g/mol. The van der Waals surface area contributed by atoms with Crippen molar-refractivity contribution >= 4 is 11.9 Å². The highest BCUT2D eigenvalue weighted by molar-refractivity contribution is 5.71. The molecule has 154 valence electrons. The number of ether oxygens (including phenoxy) is 2. The average molecular weight is 371 g/mol. The Morgan fingerprint density at radius 1 is 0.577 bits per heavy atom. The van der Waals surface area contributed by atoms with Gasteiger partial charge in [0.15, 0.2) is 0 Å². The number of rotatable bonds is 18. The smallest absolute Gasteiger partial charge is 0.308 e. The molecule has 0 aromatic rings. The van der Waals surface area contributed by atoms with Gasteiger partial charge in [-0.1, -0.05) is 85.0 Å². The molecule has 0 rings (SSSR count). The Balaban J connectivity index is 4.21. The molecule has 0 fully saturated rings. The highest BCUT2D eigenvalue weighted by atomic mass is 16.7. The molecule has 0 radical (unpaired) electrons. The molecule has 0 aliphatic heterocycles. The number of unbranched alkanes of at least 4 members (excludes halogenated alkanes) is 10. The SMILES string of the molecule is CCCCCCCC(OC(=O)CCCCCC)OC(=O)CCCCCC. The fraction of sp³-hybridized carbons (Fsp3) is 0.909. The van der Waals surface area contributed by atoms with E-state index in [1.807, 2.05) is 0 Å². The van der Waals surface area contributed by atoms with Crippen LogP contribution < -0.4 is 0 Å². The maximum Gasteiger partial charge on any atom is 0.308 e. The maximum atomic E-state index is 12.0. The lowest BCUT2D eigenvalue weighted by Gasteiger charge is -2.18. The van der Waals surface area contributed by atoms with Gasteiger partial charge >= 0.3 is 11.9 Å². The minimum atomic E-state index is -0.700. The van der Waals surface area contributed by atoms with Crippen LogP contribution in [-0.2, 0) is 19.1 Å². The van der Waals surface area contributed by atoms with Crippen LogP contribution in [0.3, 0.4) is 0 Å². The molecule has 0 aliphatic rings. The molecule has 0 aromatic carbocycles. The van der Waals surface area contributed by atoms with Crippen LogP contribution in [0.1, 0.15) is 124 Å². The number of carbonyl (C=O) groups is 2. The summed E-state index contributed by atoms with van der Waals surface area (Å²) in [5.74, 6) is -0.475. The second-order valence-electron chi connectivity index (χ2n) is 7.23. The lowest BCUT2D eigenvalue weighted by Crippen LogP contribution is -2.24. The molecule has 0 atom stereocenters. The van der Waals surface area contributed by atoms with E-state index < -0.39 is 6.29 Å². The first-order valence-electron chi connectivity index (χ1n) is 11.0. The maximum absolute atomic E-state index is 12.0. The van der Waals surface area contributed by atoms with Gasteiger partial charge in [0.1, 0.15) is 0 Å². The van der Waals surface area contributed by atoms with Gasteiger partial charge in [0.25, 0.3) is 0 Å². The van der Waals surface area contributed by atoms with Crippen LogP contribution in [0.15, 0.2) is 0 Å². The van der Waals surface area contributed by atoms with Crippen molar-refractivity contribution in [2.24, 2.45) is 0 Å². The highest BCUT2D eigenvalue weighted by Crippen LogP contribution is 2.14. The Labute approximate surface area is 161 Å². The Kier molecular flexibility index (Phi) is 18.0. The molecular formula is C22H42O4. The minimum Gasteiger partial charge on any atom is -0.425 e. The number of hydrogen-bond acceptors (Lipinski definition) is 4. The topological polar surface area (TPSA) is 52.6 Å². The summed E-state index contributed by atoms with van der Waals surface area (Å²) in [6, 6.07) is 0. The van der Waals surface area contributed by atoms with E-state index in [2.05, 4.69) is 20.8 Å². The van der Waals surface area contributed by atoms with Crippen LogP contribution >= 0.6 is 0 Å². The van der Waals surface area contributed by atoms with E-state index in [0.717, 1.165) is 64.2 Å². The highest BCUT2D eigenvalue weighted by Gasteiger charge is 2.18. The molecule has 0 spiro atoms. The second-order valence-corrected chi connectivity index (χ2v) is 7.23. The Morgan fingerprint density at radius 3 is 1.38 bits per heavy atom. The molecule has 0 saturated carbocycles. The molecule has 0 aliphatic carbocycles. The largest absolute Gasteiger partial charge is 0.425 e. The van der Waals surface area contributed by atoms with E-state index in [-0.39, 0.29) is 11.9 Å². The third kappa shape index (κ3) is 16.4. The molecule has 4 heteroatoms. The standard InChI is InChI=1S/C22H42O4/c1-4-7-10-13-16-19-22(25-20(23)17-14-11-8-5-2)26-21(24)18-15-12-9-6-3/h22H,4-19H2,1-3H3. The van der Waals surface area contributed by atoms with E-state index in [1.165, 1.54) is 19.3 Å². The van der Waals surface area contributed by atoms with Gasteiger partial charge < -0.3 is 9.47 Å². The Morgan fingerprint density at radius 2 is 0.962 bits per heavy atom. The number of carbonyl (C=O) groups excluding carboxylic acids is 2. The van der Waals surface area contributed by atoms with Crippen molar-refractivity contribution in [3.63, 3.8) is 0 Å². The molecule has 0 heterocycles. The summed E-state index contributed by atoms with van der Waals surface area (Å²) in [5, 5.41) is 0. The van der Waals surface area contributed by atoms with Gasteiger partial charge in [-0.2, -0.15) is 0 Å². The average Bonchev–Trinajstić information content (AvgIpc) is 2.62. The predicted octanol–water partition coefficient (Wildman–Crippen LogP) is 6.70. The fourth-order valence-electron chi connectivity index (χ4n) is 2.86. The predicted molar refractivity (Wildman–Crippen MR) is 107 cm³/mol. The summed E-state index contributed by atoms with van der Waals surface area (Å²) < 4.78 is 10.9. The Hall–Kier alpha value is -1.06. The van der Waals surface area contributed by atoms with Crippen LogP contribution in [0.4, 0.5) is 0 Å². The first kappa shape index (κ1) is 24.9. The van der Waals surface area contributed by atoms with E-state index >= 15 is 0 Å². The molecule has 0 amide bonds. The molecule has 0 unspecified atom stereocenters. The van der Waals surface area contributed by atoms with Crippen molar-refractivity contribution < 1.29 is 19.1 Å². The minimum absolute atomic E-state index is 0.238. The van der Waals surface area contributed by atoms with Gasteiger partial charge in [-0.05, 0) is 19.3 Å².